The van der Waals surface area contributed by atoms with Gasteiger partial charge < -0.3 is 9.47 Å². The van der Waals surface area contributed by atoms with Crippen LogP contribution in [0.15, 0.2) is 24.8 Å². The van der Waals surface area contributed by atoms with Crippen molar-refractivity contribution in [3.8, 4) is 0 Å². The van der Waals surface area contributed by atoms with E-state index in [2.05, 4.69) is 6.58 Å². The first-order chi connectivity index (χ1) is 8.15. The molecule has 2 aliphatic rings. The molecule has 2 rings (SSSR count). The molecule has 4 heteroatoms. The zero-order chi connectivity index (χ0) is 12.5. The van der Waals surface area contributed by atoms with Crippen LogP contribution in [-0.4, -0.2) is 25.2 Å². The summed E-state index contributed by atoms with van der Waals surface area (Å²) in [6, 6.07) is 0. The number of carbonyl (C=O) groups excluding carboxylic acids is 2. The molecule has 1 fully saturated rings. The second-order valence-corrected chi connectivity index (χ2v) is 4.51. The number of carbonyl (C=O) groups is 2. The molecule has 0 spiro atoms. The Labute approximate surface area is 100 Å². The van der Waals surface area contributed by atoms with E-state index in [0.29, 0.717) is 12.8 Å². The molecule has 0 radical (unpaired) electrons. The number of hydrogen-bond donors (Lipinski definition) is 0. The monoisotopic (exact) mass is 236 g/mol. The van der Waals surface area contributed by atoms with Crippen molar-refractivity contribution in [1.82, 2.24) is 0 Å². The fourth-order valence-corrected chi connectivity index (χ4v) is 2.79. The van der Waals surface area contributed by atoms with E-state index in [1.807, 2.05) is 12.2 Å². The van der Waals surface area contributed by atoms with Gasteiger partial charge in [-0.15, -0.1) is 6.58 Å². The Kier molecular flexibility index (Phi) is 3.05. The Morgan fingerprint density at radius 2 is 2.53 bits per heavy atom. The summed E-state index contributed by atoms with van der Waals surface area (Å²) in [4.78, 5) is 23.5. The highest BCUT2D eigenvalue weighted by Gasteiger charge is 2.60. The first kappa shape index (κ1) is 11.9. The molecule has 0 bridgehead atoms. The zero-order valence-electron chi connectivity index (χ0n) is 9.85. The van der Waals surface area contributed by atoms with Crippen molar-refractivity contribution in [1.29, 1.82) is 0 Å². The second kappa shape index (κ2) is 4.35. The number of fused-ring (bicyclic) bond motifs is 1. The van der Waals surface area contributed by atoms with Crippen LogP contribution >= 0.6 is 0 Å². The van der Waals surface area contributed by atoms with E-state index in [0.717, 1.165) is 6.42 Å². The normalized spacial score (nSPS) is 34.3. The van der Waals surface area contributed by atoms with Gasteiger partial charge in [-0.1, -0.05) is 12.2 Å². The van der Waals surface area contributed by atoms with Gasteiger partial charge in [0.2, 0.25) is 0 Å². The standard InChI is InChI=1S/C13H16O4/c1-3-4-7-13-8-5-6-9(13)17-12(15)10(13)11(14)16-2/h3,5-6,9-10H,1,4,7-8H2,2H3/t9-,10?,13+/m0/s1. The molecule has 0 aromatic rings. The molecule has 3 atom stereocenters. The van der Waals surface area contributed by atoms with Crippen LogP contribution in [0.1, 0.15) is 19.3 Å². The maximum absolute atomic E-state index is 11.8. The summed E-state index contributed by atoms with van der Waals surface area (Å²) in [6.45, 7) is 3.68. The lowest BCUT2D eigenvalue weighted by molar-refractivity contribution is -0.156. The van der Waals surface area contributed by atoms with Gasteiger partial charge in [0.25, 0.3) is 0 Å². The summed E-state index contributed by atoms with van der Waals surface area (Å²) in [5.74, 6) is -1.76. The molecule has 92 valence electrons. The number of hydrogen-bond acceptors (Lipinski definition) is 4. The summed E-state index contributed by atoms with van der Waals surface area (Å²) < 4.78 is 9.98. The molecule has 1 aliphatic heterocycles. The number of allylic oxidation sites excluding steroid dienone is 2. The molecule has 0 N–H and O–H groups in total. The van der Waals surface area contributed by atoms with Crippen LogP contribution in [-0.2, 0) is 19.1 Å². The maximum atomic E-state index is 11.8. The first-order valence-corrected chi connectivity index (χ1v) is 5.71. The molecule has 0 amide bonds. The van der Waals surface area contributed by atoms with Crippen molar-refractivity contribution in [3.05, 3.63) is 24.8 Å². The van der Waals surface area contributed by atoms with E-state index in [1.165, 1.54) is 7.11 Å². The Bertz CT molecular complexity index is 385. The summed E-state index contributed by atoms with van der Waals surface area (Å²) in [6.07, 6.45) is 7.47. The molecule has 4 nitrogen and oxygen atoms in total. The van der Waals surface area contributed by atoms with E-state index >= 15 is 0 Å². The molecule has 0 saturated carbocycles. The van der Waals surface area contributed by atoms with Gasteiger partial charge >= 0.3 is 11.9 Å². The van der Waals surface area contributed by atoms with E-state index in [-0.39, 0.29) is 6.10 Å². The highest BCUT2D eigenvalue weighted by Crippen LogP contribution is 2.51. The molecule has 0 aromatic heterocycles. The number of rotatable bonds is 4. The predicted molar refractivity (Wildman–Crippen MR) is 61.0 cm³/mol. The van der Waals surface area contributed by atoms with Crippen LogP contribution in [0, 0.1) is 11.3 Å². The quantitative estimate of drug-likeness (QED) is 0.423. The summed E-state index contributed by atoms with van der Waals surface area (Å²) >= 11 is 0. The predicted octanol–water partition coefficient (Wildman–Crippen LogP) is 1.61. The minimum atomic E-state index is -0.799. The van der Waals surface area contributed by atoms with Crippen LogP contribution in [0.3, 0.4) is 0 Å². The smallest absolute Gasteiger partial charge is 0.321 e. The van der Waals surface area contributed by atoms with Crippen molar-refractivity contribution in [2.45, 2.75) is 25.4 Å². The van der Waals surface area contributed by atoms with Crippen LogP contribution in [0.25, 0.3) is 0 Å². The Morgan fingerprint density at radius 1 is 1.76 bits per heavy atom. The lowest BCUT2D eigenvalue weighted by atomic mass is 9.70. The van der Waals surface area contributed by atoms with Crippen LogP contribution in [0.4, 0.5) is 0 Å². The van der Waals surface area contributed by atoms with Crippen molar-refractivity contribution in [2.75, 3.05) is 7.11 Å². The third-order valence-electron chi connectivity index (χ3n) is 3.68. The lowest BCUT2D eigenvalue weighted by Crippen LogP contribution is -2.38. The van der Waals surface area contributed by atoms with Crippen molar-refractivity contribution >= 4 is 11.9 Å². The molecule has 1 heterocycles. The van der Waals surface area contributed by atoms with Gasteiger partial charge in [-0.3, -0.25) is 9.59 Å². The number of ether oxygens (including phenoxy) is 2. The third-order valence-corrected chi connectivity index (χ3v) is 3.68. The van der Waals surface area contributed by atoms with Crippen LogP contribution < -0.4 is 0 Å². The zero-order valence-corrected chi connectivity index (χ0v) is 9.85. The molecule has 1 aliphatic carbocycles. The highest BCUT2D eigenvalue weighted by atomic mass is 16.6. The molecule has 0 aromatic carbocycles. The molecular weight excluding hydrogens is 220 g/mol. The minimum absolute atomic E-state index is 0.293. The Morgan fingerprint density at radius 3 is 3.18 bits per heavy atom. The first-order valence-electron chi connectivity index (χ1n) is 5.71. The van der Waals surface area contributed by atoms with Gasteiger partial charge in [0.05, 0.1) is 7.11 Å². The van der Waals surface area contributed by atoms with Gasteiger partial charge in [0.1, 0.15) is 6.10 Å². The Balaban J connectivity index is 2.31. The van der Waals surface area contributed by atoms with Gasteiger partial charge in [0, 0.05) is 5.41 Å². The average Bonchev–Trinajstić information content (AvgIpc) is 2.80. The summed E-state index contributed by atoms with van der Waals surface area (Å²) in [5, 5.41) is 0. The minimum Gasteiger partial charge on any atom is -0.468 e. The number of methoxy groups -OCH3 is 1. The lowest BCUT2D eigenvalue weighted by Gasteiger charge is -2.29. The van der Waals surface area contributed by atoms with Gasteiger partial charge in [-0.2, -0.15) is 0 Å². The molecule has 1 unspecified atom stereocenters. The number of esters is 2. The second-order valence-electron chi connectivity index (χ2n) is 4.51. The van der Waals surface area contributed by atoms with Crippen molar-refractivity contribution in [3.63, 3.8) is 0 Å². The fourth-order valence-electron chi connectivity index (χ4n) is 2.79. The van der Waals surface area contributed by atoms with E-state index in [1.54, 1.807) is 6.08 Å². The largest absolute Gasteiger partial charge is 0.468 e. The average molecular weight is 236 g/mol. The summed E-state index contributed by atoms with van der Waals surface area (Å²) in [7, 11) is 1.30. The Hall–Kier alpha value is -1.58. The van der Waals surface area contributed by atoms with Crippen molar-refractivity contribution < 1.29 is 19.1 Å². The third kappa shape index (κ3) is 1.68. The van der Waals surface area contributed by atoms with Gasteiger partial charge in [-0.05, 0) is 25.3 Å². The molecular formula is C13H16O4. The van der Waals surface area contributed by atoms with Crippen LogP contribution in [0.5, 0.6) is 0 Å². The molecule has 17 heavy (non-hydrogen) atoms. The topological polar surface area (TPSA) is 52.6 Å². The van der Waals surface area contributed by atoms with Gasteiger partial charge in [-0.25, -0.2) is 0 Å². The van der Waals surface area contributed by atoms with Crippen molar-refractivity contribution in [2.24, 2.45) is 11.3 Å². The maximum Gasteiger partial charge on any atom is 0.321 e. The van der Waals surface area contributed by atoms with E-state index in [9.17, 15) is 9.59 Å². The van der Waals surface area contributed by atoms with E-state index in [4.69, 9.17) is 9.47 Å². The van der Waals surface area contributed by atoms with E-state index < -0.39 is 23.3 Å². The van der Waals surface area contributed by atoms with Gasteiger partial charge in [0.15, 0.2) is 5.92 Å². The highest BCUT2D eigenvalue weighted by molar-refractivity contribution is 5.98. The molecule has 1 saturated heterocycles. The van der Waals surface area contributed by atoms with Crippen LogP contribution in [0.2, 0.25) is 0 Å². The fraction of sp³-hybridized carbons (Fsp3) is 0.538. The summed E-state index contributed by atoms with van der Waals surface area (Å²) in [5.41, 5.74) is -0.460. The SMILES string of the molecule is C=CCC[C@@]12CC=C[C@@H]1OC(=O)C2C(=O)OC.